The highest BCUT2D eigenvalue weighted by Gasteiger charge is 2.27. The molecule has 8 nitrogen and oxygen atoms in total. The van der Waals surface area contributed by atoms with Gasteiger partial charge in [-0.3, -0.25) is 0 Å². The molecule has 2 aromatic rings. The Morgan fingerprint density at radius 2 is 1.77 bits per heavy atom. The van der Waals surface area contributed by atoms with Crippen molar-refractivity contribution in [3.05, 3.63) is 48.0 Å². The molecule has 0 spiro atoms. The van der Waals surface area contributed by atoms with Crippen LogP contribution in [0.1, 0.15) is 23.7 Å². The van der Waals surface area contributed by atoms with Gasteiger partial charge in [-0.2, -0.15) is 0 Å². The van der Waals surface area contributed by atoms with Crippen LogP contribution in [-0.4, -0.2) is 59.7 Å². The molecule has 0 radical (unpaired) electrons. The maximum atomic E-state index is 12.9. The zero-order valence-corrected chi connectivity index (χ0v) is 18.5. The maximum absolute atomic E-state index is 12.9. The summed E-state index contributed by atoms with van der Waals surface area (Å²) < 4.78 is 36.1. The second kappa shape index (κ2) is 9.98. The maximum Gasteiger partial charge on any atom is 0.338 e. The molecule has 1 fully saturated rings. The van der Waals surface area contributed by atoms with Crippen molar-refractivity contribution < 1.29 is 32.7 Å². The molecule has 0 amide bonds. The third kappa shape index (κ3) is 5.26. The van der Waals surface area contributed by atoms with Gasteiger partial charge in [0.15, 0.2) is 0 Å². The van der Waals surface area contributed by atoms with Gasteiger partial charge in [-0.25, -0.2) is 18.1 Å². The quantitative estimate of drug-likeness (QED) is 0.431. The second-order valence-electron chi connectivity index (χ2n) is 7.03. The van der Waals surface area contributed by atoms with Crippen LogP contribution in [0.3, 0.4) is 0 Å². The van der Waals surface area contributed by atoms with E-state index in [9.17, 15) is 13.8 Å². The lowest BCUT2D eigenvalue weighted by molar-refractivity contribution is 0.0598. The van der Waals surface area contributed by atoms with E-state index in [1.165, 1.54) is 13.2 Å². The van der Waals surface area contributed by atoms with E-state index in [1.54, 1.807) is 53.0 Å². The lowest BCUT2D eigenvalue weighted by Gasteiger charge is -2.31. The minimum Gasteiger partial charge on any atom is -0.488 e. The molecule has 0 aliphatic carbocycles. The Hall–Kier alpha value is -2.84. The number of hydrogen-bond donors (Lipinski definition) is 0. The molecule has 2 unspecified atom stereocenters. The zero-order chi connectivity index (χ0) is 22.4. The fraction of sp³-hybridized carbons (Fsp3) is 0.364. The molecule has 31 heavy (non-hydrogen) atoms. The van der Waals surface area contributed by atoms with Crippen LogP contribution in [0.2, 0.25) is 0 Å². The molecule has 2 aromatic carbocycles. The van der Waals surface area contributed by atoms with Gasteiger partial charge in [0.2, 0.25) is 5.23 Å². The van der Waals surface area contributed by atoms with E-state index in [-0.39, 0.29) is 11.7 Å². The monoisotopic (exact) mass is 447 g/mol. The van der Waals surface area contributed by atoms with Crippen LogP contribution in [0.25, 0.3) is 0 Å². The predicted molar refractivity (Wildman–Crippen MR) is 115 cm³/mol. The van der Waals surface area contributed by atoms with Crippen LogP contribution in [0.15, 0.2) is 47.4 Å². The van der Waals surface area contributed by atoms with Crippen molar-refractivity contribution in [1.29, 1.82) is 0 Å². The number of ether oxygens (including phenoxy) is 4. The second-order valence-corrected chi connectivity index (χ2v) is 9.24. The van der Waals surface area contributed by atoms with Crippen molar-refractivity contribution >= 4 is 20.9 Å². The number of hydrogen-bond acceptors (Lipinski definition) is 7. The molecule has 0 N–H and O–H groups in total. The highest BCUT2D eigenvalue weighted by Crippen LogP contribution is 2.30. The third-order valence-electron chi connectivity index (χ3n) is 4.71. The molecule has 1 aliphatic rings. The number of nitrogens with zero attached hydrogens (tertiary/aromatic N) is 1. The lowest BCUT2D eigenvalue weighted by atomic mass is 10.2. The van der Waals surface area contributed by atoms with Crippen LogP contribution >= 0.6 is 0 Å². The van der Waals surface area contributed by atoms with Crippen LogP contribution in [-0.2, 0) is 24.0 Å². The standard InChI is InChI=1S/C22H25NO7S/c1-16(14-27-2)29-19-11-17(22(25)28-3)12-20(13-19)30-18-5-7-21(8-6-18)31(26,15-24)23-9-4-10-23/h5-8,11-13,16H,4,9-10,14H2,1-3H3. The molecular weight excluding hydrogens is 422 g/mol. The van der Waals surface area contributed by atoms with Crippen molar-refractivity contribution in [3.8, 4) is 17.2 Å². The summed E-state index contributed by atoms with van der Waals surface area (Å²) in [6.45, 7) is 3.44. The van der Waals surface area contributed by atoms with Crippen LogP contribution < -0.4 is 9.47 Å². The molecule has 0 aromatic heterocycles. The summed E-state index contributed by atoms with van der Waals surface area (Å²) in [5, 5.41) is 1.71. The van der Waals surface area contributed by atoms with Crippen LogP contribution in [0, 0.1) is 0 Å². The molecule has 3 rings (SSSR count). The molecule has 0 bridgehead atoms. The van der Waals surface area contributed by atoms with E-state index in [0.29, 0.717) is 41.8 Å². The fourth-order valence-electron chi connectivity index (χ4n) is 3.06. The Morgan fingerprint density at radius 3 is 2.32 bits per heavy atom. The van der Waals surface area contributed by atoms with Gasteiger partial charge in [-0.05, 0) is 49.7 Å². The number of benzene rings is 2. The minimum atomic E-state index is -3.01. The van der Waals surface area contributed by atoms with Gasteiger partial charge in [0.05, 0.1) is 24.2 Å². The number of esters is 1. The van der Waals surface area contributed by atoms with Crippen molar-refractivity contribution in [2.45, 2.75) is 24.3 Å². The summed E-state index contributed by atoms with van der Waals surface area (Å²) in [6, 6.07) is 11.2. The first-order chi connectivity index (χ1) is 14.9. The lowest BCUT2D eigenvalue weighted by Crippen LogP contribution is -2.42. The molecule has 166 valence electrons. The molecule has 9 heteroatoms. The summed E-state index contributed by atoms with van der Waals surface area (Å²) in [5.41, 5.74) is 0.271. The molecular formula is C22H25NO7S. The SMILES string of the molecule is COCC(C)Oc1cc(Oc2ccc(S(=O)(=C=O)N3CCC3)cc2)cc(C(=O)OC)c1. The molecule has 1 aliphatic heterocycles. The first kappa shape index (κ1) is 22.8. The fourth-order valence-corrected chi connectivity index (χ4v) is 4.84. The first-order valence-electron chi connectivity index (χ1n) is 9.74. The smallest absolute Gasteiger partial charge is 0.338 e. The van der Waals surface area contributed by atoms with E-state index in [1.807, 2.05) is 6.92 Å². The largest absolute Gasteiger partial charge is 0.488 e. The Labute approximate surface area is 181 Å². The Morgan fingerprint density at radius 1 is 1.10 bits per heavy atom. The van der Waals surface area contributed by atoms with Crippen LogP contribution in [0.5, 0.6) is 17.2 Å². The Balaban J connectivity index is 1.84. The first-order valence-corrected chi connectivity index (χ1v) is 11.3. The van der Waals surface area contributed by atoms with Crippen LogP contribution in [0.4, 0.5) is 0 Å². The highest BCUT2D eigenvalue weighted by molar-refractivity contribution is 7.98. The number of carbonyl (C=O) groups excluding carboxylic acids is 2. The number of carbonyl (C=O) groups is 1. The van der Waals surface area contributed by atoms with Gasteiger partial charge in [0.1, 0.15) is 33.1 Å². The Kier molecular flexibility index (Phi) is 7.35. The summed E-state index contributed by atoms with van der Waals surface area (Å²) in [5.74, 6) is 0.704. The van der Waals surface area contributed by atoms with Crippen molar-refractivity contribution in [2.24, 2.45) is 0 Å². The third-order valence-corrected chi connectivity index (χ3v) is 6.94. The summed E-state index contributed by atoms with van der Waals surface area (Å²) in [4.78, 5) is 23.8. The molecule has 1 heterocycles. The minimum absolute atomic E-state index is 0.237. The predicted octanol–water partition coefficient (Wildman–Crippen LogP) is 3.01. The van der Waals surface area contributed by atoms with Gasteiger partial charge in [-0.15, -0.1) is 0 Å². The average molecular weight is 448 g/mol. The van der Waals surface area contributed by atoms with E-state index in [2.05, 4.69) is 0 Å². The summed E-state index contributed by atoms with van der Waals surface area (Å²) in [6.07, 6.45) is 0.670. The number of rotatable bonds is 9. The summed E-state index contributed by atoms with van der Waals surface area (Å²) >= 11 is 0. The topological polar surface area (TPSA) is 91.4 Å². The van der Waals surface area contributed by atoms with Crippen molar-refractivity contribution in [3.63, 3.8) is 0 Å². The van der Waals surface area contributed by atoms with E-state index < -0.39 is 15.7 Å². The van der Waals surface area contributed by atoms with E-state index >= 15 is 0 Å². The van der Waals surface area contributed by atoms with E-state index in [0.717, 1.165) is 6.42 Å². The molecule has 2 atom stereocenters. The van der Waals surface area contributed by atoms with Crippen molar-refractivity contribution in [1.82, 2.24) is 4.31 Å². The normalized spacial score (nSPS) is 16.4. The highest BCUT2D eigenvalue weighted by atomic mass is 32.2. The molecule has 1 saturated heterocycles. The average Bonchev–Trinajstić information content (AvgIpc) is 2.72. The van der Waals surface area contributed by atoms with Gasteiger partial charge in [0.25, 0.3) is 0 Å². The van der Waals surface area contributed by atoms with Gasteiger partial charge in [-0.1, -0.05) is 0 Å². The Bertz CT molecular complexity index is 1070. The van der Waals surface area contributed by atoms with Gasteiger partial charge >= 0.3 is 5.97 Å². The van der Waals surface area contributed by atoms with E-state index in [4.69, 9.17) is 18.9 Å². The van der Waals surface area contributed by atoms with Crippen molar-refractivity contribution in [2.75, 3.05) is 33.9 Å². The molecule has 0 saturated carbocycles. The summed E-state index contributed by atoms with van der Waals surface area (Å²) in [7, 11) is -0.136. The van der Waals surface area contributed by atoms with Gasteiger partial charge < -0.3 is 18.9 Å². The van der Waals surface area contributed by atoms with Gasteiger partial charge in [0, 0.05) is 26.3 Å². The zero-order valence-electron chi connectivity index (χ0n) is 17.7. The number of methoxy groups -OCH3 is 2.